The Hall–Kier alpha value is -1.81. The molecule has 22 heavy (non-hydrogen) atoms. The Morgan fingerprint density at radius 2 is 2.05 bits per heavy atom. The van der Waals surface area contributed by atoms with E-state index in [1.165, 1.54) is 12.0 Å². The molecule has 4 nitrogen and oxygen atoms in total. The number of fused-ring (bicyclic) bond motifs is 1. The molecular formula is C18H23NO3. The number of hydrogen-bond donors (Lipinski definition) is 0. The Balaban J connectivity index is 2.18. The number of methoxy groups -OCH3 is 1. The van der Waals surface area contributed by atoms with Gasteiger partial charge in [-0.25, -0.2) is 4.79 Å². The highest BCUT2D eigenvalue weighted by Crippen LogP contribution is 2.35. The molecule has 1 fully saturated rings. The maximum Gasteiger partial charge on any atom is 0.339 e. The zero-order valence-corrected chi connectivity index (χ0v) is 13.7. The Morgan fingerprint density at radius 1 is 1.27 bits per heavy atom. The van der Waals surface area contributed by atoms with Crippen LogP contribution in [0.15, 0.2) is 21.3 Å². The van der Waals surface area contributed by atoms with Gasteiger partial charge in [-0.1, -0.05) is 0 Å². The Kier molecular flexibility index (Phi) is 3.96. The second-order valence-electron chi connectivity index (χ2n) is 6.34. The van der Waals surface area contributed by atoms with Crippen LogP contribution in [0.5, 0.6) is 5.75 Å². The van der Waals surface area contributed by atoms with Crippen molar-refractivity contribution in [1.82, 2.24) is 4.90 Å². The van der Waals surface area contributed by atoms with Crippen molar-refractivity contribution in [3.05, 3.63) is 39.2 Å². The fourth-order valence-corrected chi connectivity index (χ4v) is 3.41. The number of benzene rings is 1. The zero-order chi connectivity index (χ0) is 15.9. The number of aryl methyl sites for hydroxylation is 1. The van der Waals surface area contributed by atoms with E-state index >= 15 is 0 Å². The lowest BCUT2D eigenvalue weighted by Crippen LogP contribution is -2.30. The van der Waals surface area contributed by atoms with Gasteiger partial charge < -0.3 is 14.1 Å². The minimum atomic E-state index is -0.259. The van der Waals surface area contributed by atoms with Crippen LogP contribution in [0.2, 0.25) is 0 Å². The first-order chi connectivity index (χ1) is 10.5. The summed E-state index contributed by atoms with van der Waals surface area (Å²) in [6, 6.07) is 4.13. The molecule has 1 aromatic heterocycles. The normalized spacial score (nSPS) is 19.5. The summed E-state index contributed by atoms with van der Waals surface area (Å²) in [5, 5.41) is 0.910. The molecule has 2 aromatic rings. The van der Waals surface area contributed by atoms with Crippen LogP contribution in [0.3, 0.4) is 0 Å². The topological polar surface area (TPSA) is 42.7 Å². The van der Waals surface area contributed by atoms with Gasteiger partial charge in [0.05, 0.1) is 12.5 Å². The third-order valence-electron chi connectivity index (χ3n) is 4.85. The van der Waals surface area contributed by atoms with E-state index in [1.807, 2.05) is 13.0 Å². The van der Waals surface area contributed by atoms with Crippen LogP contribution in [-0.2, 0) is 0 Å². The first kappa shape index (κ1) is 15.1. The van der Waals surface area contributed by atoms with Crippen molar-refractivity contribution in [3.63, 3.8) is 0 Å². The molecule has 0 N–H and O–H groups in total. The smallest absolute Gasteiger partial charge is 0.339 e. The minimum absolute atomic E-state index is 0.259. The van der Waals surface area contributed by atoms with Crippen molar-refractivity contribution in [1.29, 1.82) is 0 Å². The molecule has 0 spiro atoms. The van der Waals surface area contributed by atoms with E-state index in [1.54, 1.807) is 14.0 Å². The van der Waals surface area contributed by atoms with Gasteiger partial charge in [0.2, 0.25) is 0 Å². The molecule has 0 bridgehead atoms. The van der Waals surface area contributed by atoms with Crippen molar-refractivity contribution < 1.29 is 9.15 Å². The Labute approximate surface area is 130 Å². The summed E-state index contributed by atoms with van der Waals surface area (Å²) >= 11 is 0. The molecule has 2 heterocycles. The molecule has 4 heteroatoms. The summed E-state index contributed by atoms with van der Waals surface area (Å²) < 4.78 is 11.1. The molecule has 1 aliphatic heterocycles. The quantitative estimate of drug-likeness (QED) is 0.799. The van der Waals surface area contributed by atoms with Gasteiger partial charge >= 0.3 is 5.63 Å². The van der Waals surface area contributed by atoms with Crippen molar-refractivity contribution in [2.24, 2.45) is 0 Å². The highest BCUT2D eigenvalue weighted by atomic mass is 16.5. The van der Waals surface area contributed by atoms with Gasteiger partial charge in [0.15, 0.2) is 0 Å². The average Bonchev–Trinajstić information content (AvgIpc) is 2.51. The zero-order valence-electron chi connectivity index (χ0n) is 13.7. The molecule has 0 amide bonds. The van der Waals surface area contributed by atoms with Gasteiger partial charge in [0, 0.05) is 12.1 Å². The molecule has 1 unspecified atom stereocenters. The summed E-state index contributed by atoms with van der Waals surface area (Å²) in [7, 11) is 3.82. The molecule has 1 aromatic carbocycles. The summed E-state index contributed by atoms with van der Waals surface area (Å²) in [5.41, 5.74) is 3.16. The van der Waals surface area contributed by atoms with E-state index in [4.69, 9.17) is 9.15 Å². The SMILES string of the molecule is COc1cc(C2CCCN(C)C2)cc2oc(=O)c(C)c(C)c12. The van der Waals surface area contributed by atoms with Gasteiger partial charge in [0.1, 0.15) is 11.3 Å². The lowest BCUT2D eigenvalue weighted by atomic mass is 9.89. The number of ether oxygens (including phenoxy) is 1. The van der Waals surface area contributed by atoms with Crippen LogP contribution in [0.4, 0.5) is 0 Å². The van der Waals surface area contributed by atoms with Crippen LogP contribution in [0.1, 0.15) is 35.4 Å². The van der Waals surface area contributed by atoms with E-state index in [0.29, 0.717) is 17.1 Å². The van der Waals surface area contributed by atoms with Gasteiger partial charge in [0.25, 0.3) is 0 Å². The maximum absolute atomic E-state index is 12.0. The first-order valence-electron chi connectivity index (χ1n) is 7.81. The number of likely N-dealkylation sites (N-methyl/N-ethyl adjacent to an activating group) is 1. The van der Waals surface area contributed by atoms with Crippen LogP contribution < -0.4 is 10.4 Å². The molecule has 3 rings (SSSR count). The maximum atomic E-state index is 12.0. The summed E-state index contributed by atoms with van der Waals surface area (Å²) in [5.74, 6) is 1.26. The van der Waals surface area contributed by atoms with Gasteiger partial charge in [-0.15, -0.1) is 0 Å². The lowest BCUT2D eigenvalue weighted by molar-refractivity contribution is 0.250. The standard InChI is InChI=1S/C18H23NO3/c1-11-12(2)18(20)22-16-9-14(8-15(21-4)17(11)16)13-6-5-7-19(3)10-13/h8-9,13H,5-7,10H2,1-4H3. The monoisotopic (exact) mass is 301 g/mol. The summed E-state index contributed by atoms with van der Waals surface area (Å²) in [6.07, 6.45) is 2.35. The highest BCUT2D eigenvalue weighted by molar-refractivity contribution is 5.88. The number of likely N-dealkylation sites (tertiary alicyclic amines) is 1. The van der Waals surface area contributed by atoms with E-state index < -0.39 is 0 Å². The number of hydrogen-bond acceptors (Lipinski definition) is 4. The van der Waals surface area contributed by atoms with Crippen molar-refractivity contribution in [3.8, 4) is 5.75 Å². The third-order valence-corrected chi connectivity index (χ3v) is 4.85. The van der Waals surface area contributed by atoms with Crippen molar-refractivity contribution in [2.45, 2.75) is 32.6 Å². The van der Waals surface area contributed by atoms with Crippen LogP contribution in [-0.4, -0.2) is 32.1 Å². The number of piperidine rings is 1. The molecule has 1 aliphatic rings. The number of rotatable bonds is 2. The first-order valence-corrected chi connectivity index (χ1v) is 7.81. The summed E-state index contributed by atoms with van der Waals surface area (Å²) in [4.78, 5) is 14.3. The Morgan fingerprint density at radius 3 is 2.73 bits per heavy atom. The predicted octanol–water partition coefficient (Wildman–Crippen LogP) is 3.23. The largest absolute Gasteiger partial charge is 0.496 e. The fraction of sp³-hybridized carbons (Fsp3) is 0.500. The second-order valence-corrected chi connectivity index (χ2v) is 6.34. The van der Waals surface area contributed by atoms with Crippen molar-refractivity contribution >= 4 is 11.0 Å². The van der Waals surface area contributed by atoms with Crippen LogP contribution >= 0.6 is 0 Å². The minimum Gasteiger partial charge on any atom is -0.496 e. The molecule has 118 valence electrons. The Bertz CT molecular complexity index is 763. The highest BCUT2D eigenvalue weighted by Gasteiger charge is 2.22. The molecule has 1 saturated heterocycles. The van der Waals surface area contributed by atoms with E-state index in [0.717, 1.165) is 36.2 Å². The van der Waals surface area contributed by atoms with E-state index in [2.05, 4.69) is 18.0 Å². The number of nitrogens with zero attached hydrogens (tertiary/aromatic N) is 1. The van der Waals surface area contributed by atoms with E-state index in [-0.39, 0.29) is 5.63 Å². The third kappa shape index (κ3) is 2.52. The predicted molar refractivity (Wildman–Crippen MR) is 88.0 cm³/mol. The van der Waals surface area contributed by atoms with Gasteiger partial charge in [-0.2, -0.15) is 0 Å². The van der Waals surface area contributed by atoms with Crippen LogP contribution in [0, 0.1) is 13.8 Å². The van der Waals surface area contributed by atoms with Crippen LogP contribution in [0.25, 0.3) is 11.0 Å². The molecule has 0 aliphatic carbocycles. The molecule has 0 saturated carbocycles. The van der Waals surface area contributed by atoms with E-state index in [9.17, 15) is 4.79 Å². The lowest BCUT2D eigenvalue weighted by Gasteiger charge is -2.30. The average molecular weight is 301 g/mol. The van der Waals surface area contributed by atoms with Gasteiger partial charge in [-0.05, 0) is 69.5 Å². The fourth-order valence-electron chi connectivity index (χ4n) is 3.41. The van der Waals surface area contributed by atoms with Gasteiger partial charge in [-0.3, -0.25) is 0 Å². The molecule has 1 atom stereocenters. The molecule has 0 radical (unpaired) electrons. The van der Waals surface area contributed by atoms with Crippen molar-refractivity contribution in [2.75, 3.05) is 27.2 Å². The molecular weight excluding hydrogens is 278 g/mol. The summed E-state index contributed by atoms with van der Waals surface area (Å²) in [6.45, 7) is 5.92. The second kappa shape index (κ2) is 5.76.